The lowest BCUT2D eigenvalue weighted by atomic mass is 10.3. The number of hydrogen-bond acceptors (Lipinski definition) is 5. The number of carbonyl (C=O) groups excluding carboxylic acids is 1. The number of thiophene rings is 1. The zero-order chi connectivity index (χ0) is 11.1. The molecular formula is C10H15NO3S. The van der Waals surface area contributed by atoms with Crippen LogP contribution >= 0.6 is 11.3 Å². The van der Waals surface area contributed by atoms with E-state index in [9.17, 15) is 4.79 Å². The van der Waals surface area contributed by atoms with Crippen LogP contribution in [0.3, 0.4) is 0 Å². The van der Waals surface area contributed by atoms with E-state index in [1.807, 2.05) is 17.5 Å². The Morgan fingerprint density at radius 1 is 1.67 bits per heavy atom. The first-order chi connectivity index (χ1) is 7.24. The van der Waals surface area contributed by atoms with Gasteiger partial charge in [0.1, 0.15) is 6.61 Å². The molecule has 0 spiro atoms. The molecule has 0 saturated carbocycles. The zero-order valence-corrected chi connectivity index (χ0v) is 9.46. The second-order valence-electron chi connectivity index (χ2n) is 2.94. The van der Waals surface area contributed by atoms with Crippen molar-refractivity contribution in [1.29, 1.82) is 0 Å². The van der Waals surface area contributed by atoms with Gasteiger partial charge < -0.3 is 15.2 Å². The van der Waals surface area contributed by atoms with Gasteiger partial charge in [0.15, 0.2) is 0 Å². The number of nitrogens with two attached hydrogens (primary N) is 1. The summed E-state index contributed by atoms with van der Waals surface area (Å²) >= 11 is 1.58. The van der Waals surface area contributed by atoms with Crippen LogP contribution < -0.4 is 5.73 Å². The van der Waals surface area contributed by atoms with E-state index >= 15 is 0 Å². The van der Waals surface area contributed by atoms with E-state index in [4.69, 9.17) is 15.2 Å². The van der Waals surface area contributed by atoms with E-state index < -0.39 is 0 Å². The first kappa shape index (κ1) is 12.2. The molecule has 15 heavy (non-hydrogen) atoms. The van der Waals surface area contributed by atoms with Gasteiger partial charge in [-0.1, -0.05) is 6.07 Å². The van der Waals surface area contributed by atoms with E-state index in [2.05, 4.69) is 0 Å². The summed E-state index contributed by atoms with van der Waals surface area (Å²) in [5.74, 6) is -0.351. The Hall–Kier alpha value is -0.910. The van der Waals surface area contributed by atoms with Crippen LogP contribution in [0.1, 0.15) is 17.8 Å². The molecule has 84 valence electrons. The molecule has 0 aliphatic rings. The fourth-order valence-corrected chi connectivity index (χ4v) is 1.77. The molecule has 0 aliphatic heterocycles. The monoisotopic (exact) mass is 229 g/mol. The van der Waals surface area contributed by atoms with Crippen molar-refractivity contribution in [2.45, 2.75) is 13.0 Å². The lowest BCUT2D eigenvalue weighted by molar-refractivity contribution is -0.148. The van der Waals surface area contributed by atoms with Gasteiger partial charge in [0.25, 0.3) is 0 Å². The van der Waals surface area contributed by atoms with Crippen molar-refractivity contribution < 1.29 is 14.3 Å². The van der Waals surface area contributed by atoms with Crippen LogP contribution in [0.2, 0.25) is 0 Å². The highest BCUT2D eigenvalue weighted by Gasteiger charge is 2.08. The van der Waals surface area contributed by atoms with Gasteiger partial charge in [-0.25, -0.2) is 4.79 Å². The summed E-state index contributed by atoms with van der Waals surface area (Å²) in [6.45, 7) is 2.43. The van der Waals surface area contributed by atoms with E-state index in [-0.39, 0.29) is 18.6 Å². The van der Waals surface area contributed by atoms with Crippen LogP contribution in [-0.4, -0.2) is 25.8 Å². The molecule has 4 nitrogen and oxygen atoms in total. The maximum Gasteiger partial charge on any atom is 0.332 e. The zero-order valence-electron chi connectivity index (χ0n) is 8.64. The van der Waals surface area contributed by atoms with Crippen molar-refractivity contribution in [2.75, 3.05) is 19.8 Å². The van der Waals surface area contributed by atoms with Gasteiger partial charge in [-0.3, -0.25) is 0 Å². The SMILES string of the molecule is CCOC(=O)COCC(N)c1cccs1. The van der Waals surface area contributed by atoms with E-state index in [1.165, 1.54) is 0 Å². The predicted molar refractivity (Wildman–Crippen MR) is 58.7 cm³/mol. The van der Waals surface area contributed by atoms with E-state index in [0.717, 1.165) is 4.88 Å². The highest BCUT2D eigenvalue weighted by atomic mass is 32.1. The molecule has 5 heteroatoms. The molecule has 0 saturated heterocycles. The summed E-state index contributed by atoms with van der Waals surface area (Å²) in [5, 5.41) is 1.96. The lowest BCUT2D eigenvalue weighted by Crippen LogP contribution is -2.20. The normalized spacial score (nSPS) is 12.4. The molecule has 1 unspecified atom stereocenters. The molecule has 0 radical (unpaired) electrons. The highest BCUT2D eigenvalue weighted by molar-refractivity contribution is 7.10. The fourth-order valence-electron chi connectivity index (χ4n) is 1.06. The third-order valence-corrected chi connectivity index (χ3v) is 2.74. The predicted octanol–water partition coefficient (Wildman–Crippen LogP) is 1.33. The van der Waals surface area contributed by atoms with Gasteiger partial charge in [0.2, 0.25) is 0 Å². The molecule has 0 aromatic carbocycles. The molecule has 2 N–H and O–H groups in total. The van der Waals surface area contributed by atoms with Crippen LogP contribution in [0.5, 0.6) is 0 Å². The Balaban J connectivity index is 2.18. The van der Waals surface area contributed by atoms with Crippen molar-refractivity contribution in [3.63, 3.8) is 0 Å². The van der Waals surface area contributed by atoms with Crippen LogP contribution in [0.4, 0.5) is 0 Å². The fraction of sp³-hybridized carbons (Fsp3) is 0.500. The number of carbonyl (C=O) groups is 1. The smallest absolute Gasteiger partial charge is 0.332 e. The Kier molecular flexibility index (Phi) is 5.31. The minimum atomic E-state index is -0.351. The minimum Gasteiger partial charge on any atom is -0.464 e. The number of ether oxygens (including phenoxy) is 2. The van der Waals surface area contributed by atoms with Crippen LogP contribution in [0.25, 0.3) is 0 Å². The topological polar surface area (TPSA) is 61.5 Å². The number of hydrogen-bond donors (Lipinski definition) is 1. The van der Waals surface area contributed by atoms with Crippen molar-refractivity contribution >= 4 is 17.3 Å². The molecule has 0 aliphatic carbocycles. The third kappa shape index (κ3) is 4.42. The summed E-state index contributed by atoms with van der Waals surface area (Å²) in [6.07, 6.45) is 0. The molecule has 0 fully saturated rings. The lowest BCUT2D eigenvalue weighted by Gasteiger charge is -2.09. The van der Waals surface area contributed by atoms with Crippen molar-refractivity contribution in [1.82, 2.24) is 0 Å². The number of esters is 1. The number of rotatable bonds is 6. The van der Waals surface area contributed by atoms with Crippen LogP contribution in [-0.2, 0) is 14.3 Å². The molecule has 1 rings (SSSR count). The Morgan fingerprint density at radius 2 is 2.47 bits per heavy atom. The summed E-state index contributed by atoms with van der Waals surface area (Å²) in [7, 11) is 0. The molecule has 1 aromatic heterocycles. The average molecular weight is 229 g/mol. The van der Waals surface area contributed by atoms with Crippen molar-refractivity contribution in [3.8, 4) is 0 Å². The van der Waals surface area contributed by atoms with Crippen molar-refractivity contribution in [3.05, 3.63) is 22.4 Å². The van der Waals surface area contributed by atoms with Gasteiger partial charge in [-0.05, 0) is 18.4 Å². The van der Waals surface area contributed by atoms with Gasteiger partial charge in [0.05, 0.1) is 19.3 Å². The second-order valence-corrected chi connectivity index (χ2v) is 3.92. The average Bonchev–Trinajstić information content (AvgIpc) is 2.70. The highest BCUT2D eigenvalue weighted by Crippen LogP contribution is 2.16. The van der Waals surface area contributed by atoms with Crippen LogP contribution in [0, 0.1) is 0 Å². The Bertz CT molecular complexity index is 287. The molecule has 0 amide bonds. The molecule has 0 bridgehead atoms. The van der Waals surface area contributed by atoms with E-state index in [1.54, 1.807) is 18.3 Å². The maximum absolute atomic E-state index is 10.9. The first-order valence-electron chi connectivity index (χ1n) is 4.76. The standard InChI is InChI=1S/C10H15NO3S/c1-2-14-10(12)7-13-6-8(11)9-4-3-5-15-9/h3-5,8H,2,6-7,11H2,1H3. The van der Waals surface area contributed by atoms with Gasteiger partial charge >= 0.3 is 5.97 Å². The molecule has 1 aromatic rings. The van der Waals surface area contributed by atoms with Gasteiger partial charge in [-0.2, -0.15) is 0 Å². The summed E-state index contributed by atoms with van der Waals surface area (Å²) in [4.78, 5) is 12.0. The quantitative estimate of drug-likeness (QED) is 0.747. The maximum atomic E-state index is 10.9. The molecular weight excluding hydrogens is 214 g/mol. The second kappa shape index (κ2) is 6.55. The van der Waals surface area contributed by atoms with Crippen molar-refractivity contribution in [2.24, 2.45) is 5.73 Å². The summed E-state index contributed by atoms with van der Waals surface area (Å²) in [5.41, 5.74) is 5.83. The largest absolute Gasteiger partial charge is 0.464 e. The van der Waals surface area contributed by atoms with Crippen LogP contribution in [0.15, 0.2) is 17.5 Å². The minimum absolute atomic E-state index is 0.0348. The van der Waals surface area contributed by atoms with Gasteiger partial charge in [0, 0.05) is 4.88 Å². The first-order valence-corrected chi connectivity index (χ1v) is 5.64. The summed E-state index contributed by atoms with van der Waals surface area (Å²) in [6, 6.07) is 3.72. The summed E-state index contributed by atoms with van der Waals surface area (Å²) < 4.78 is 9.85. The molecule has 1 atom stereocenters. The Morgan fingerprint density at radius 3 is 3.07 bits per heavy atom. The Labute approximate surface area is 93.0 Å². The van der Waals surface area contributed by atoms with E-state index in [0.29, 0.717) is 13.2 Å². The molecule has 1 heterocycles. The third-order valence-electron chi connectivity index (χ3n) is 1.73. The van der Waals surface area contributed by atoms with Gasteiger partial charge in [-0.15, -0.1) is 11.3 Å².